The molecule has 1 heterocycles. The first kappa shape index (κ1) is 13.5. The summed E-state index contributed by atoms with van der Waals surface area (Å²) in [5, 5.41) is 1.36. The fourth-order valence-corrected chi connectivity index (χ4v) is 2.36. The summed E-state index contributed by atoms with van der Waals surface area (Å²) >= 11 is 7.38. The van der Waals surface area contributed by atoms with Crippen LogP contribution in [-0.4, -0.2) is 4.98 Å². The molecule has 0 unspecified atom stereocenters. The number of nitrogens with zero attached hydrogens (tertiary/aromatic N) is 1. The lowest BCUT2D eigenvalue weighted by molar-refractivity contribution is -0.00000298. The highest BCUT2D eigenvalue weighted by Crippen LogP contribution is 2.30. The molecule has 0 aliphatic heterocycles. The van der Waals surface area contributed by atoms with Crippen molar-refractivity contribution >= 4 is 28.1 Å². The van der Waals surface area contributed by atoms with E-state index < -0.39 is 0 Å². The van der Waals surface area contributed by atoms with Gasteiger partial charge in [0.2, 0.25) is 0 Å². The van der Waals surface area contributed by atoms with Crippen LogP contribution in [0.1, 0.15) is 11.8 Å². The van der Waals surface area contributed by atoms with Gasteiger partial charge in [-0.05, 0) is 18.6 Å². The van der Waals surface area contributed by atoms with E-state index in [1.807, 2.05) is 24.3 Å². The maximum atomic E-state index is 5.84. The lowest BCUT2D eigenvalue weighted by Crippen LogP contribution is -3.00. The van der Waals surface area contributed by atoms with Gasteiger partial charge in [0.15, 0.2) is 5.13 Å². The van der Waals surface area contributed by atoms with Gasteiger partial charge in [0, 0.05) is 15.5 Å². The van der Waals surface area contributed by atoms with Crippen molar-refractivity contribution < 1.29 is 17.0 Å². The van der Waals surface area contributed by atoms with Crippen molar-refractivity contribution in [3.8, 4) is 11.3 Å². The summed E-state index contributed by atoms with van der Waals surface area (Å²) in [6.45, 7) is 2.10. The van der Waals surface area contributed by atoms with Crippen molar-refractivity contribution in [1.29, 1.82) is 0 Å². The third kappa shape index (κ3) is 2.75. The van der Waals surface area contributed by atoms with E-state index in [1.54, 1.807) is 11.3 Å². The van der Waals surface area contributed by atoms with Crippen LogP contribution in [-0.2, 0) is 6.42 Å². The minimum atomic E-state index is 0. The van der Waals surface area contributed by atoms with E-state index in [0.717, 1.165) is 22.7 Å². The molecule has 0 atom stereocenters. The molecule has 86 valence electrons. The highest BCUT2D eigenvalue weighted by Gasteiger charge is 2.09. The molecule has 0 radical (unpaired) electrons. The molecular weight excluding hydrogens is 308 g/mol. The molecule has 0 aliphatic rings. The molecule has 16 heavy (non-hydrogen) atoms. The van der Waals surface area contributed by atoms with E-state index >= 15 is 0 Å². The highest BCUT2D eigenvalue weighted by molar-refractivity contribution is 7.15. The summed E-state index contributed by atoms with van der Waals surface area (Å²) in [6, 6.07) is 7.67. The lowest BCUT2D eigenvalue weighted by atomic mass is 10.1. The van der Waals surface area contributed by atoms with Gasteiger partial charge in [-0.3, -0.25) is 0 Å². The number of thiazole rings is 1. The first-order valence-corrected chi connectivity index (χ1v) is 5.91. The van der Waals surface area contributed by atoms with Crippen LogP contribution in [0.25, 0.3) is 11.3 Å². The Balaban J connectivity index is 0.00000128. The quantitative estimate of drug-likeness (QED) is 0.881. The second-order valence-corrected chi connectivity index (χ2v) is 4.74. The Labute approximate surface area is 114 Å². The van der Waals surface area contributed by atoms with Crippen molar-refractivity contribution in [1.82, 2.24) is 4.98 Å². The second kappa shape index (κ2) is 5.66. The molecule has 5 heteroatoms. The average Bonchev–Trinajstić information content (AvgIpc) is 2.61. The SMILES string of the molecule is CCc1sc(N)nc1-c1ccc(Cl)cc1.[Br-]. The summed E-state index contributed by atoms with van der Waals surface area (Å²) in [5.41, 5.74) is 7.76. The zero-order valence-electron chi connectivity index (χ0n) is 8.71. The predicted octanol–water partition coefficient (Wildman–Crippen LogP) is 0.612. The molecule has 0 spiro atoms. The molecule has 0 saturated heterocycles. The van der Waals surface area contributed by atoms with Gasteiger partial charge in [0.05, 0.1) is 5.69 Å². The fraction of sp³-hybridized carbons (Fsp3) is 0.182. The summed E-state index contributed by atoms with van der Waals surface area (Å²) in [5.74, 6) is 0. The fourth-order valence-electron chi connectivity index (χ4n) is 1.44. The van der Waals surface area contributed by atoms with Crippen LogP contribution in [0.2, 0.25) is 5.02 Å². The van der Waals surface area contributed by atoms with E-state index in [9.17, 15) is 0 Å². The molecule has 2 aromatic rings. The van der Waals surface area contributed by atoms with Crippen molar-refractivity contribution in [2.75, 3.05) is 5.73 Å². The summed E-state index contributed by atoms with van der Waals surface area (Å²) < 4.78 is 0. The number of aryl methyl sites for hydroxylation is 1. The number of nitrogen functional groups attached to an aromatic ring is 1. The maximum Gasteiger partial charge on any atom is 0.180 e. The first-order valence-electron chi connectivity index (χ1n) is 4.72. The van der Waals surface area contributed by atoms with Gasteiger partial charge in [-0.15, -0.1) is 11.3 Å². The molecule has 1 aromatic carbocycles. The number of hydrogen-bond acceptors (Lipinski definition) is 3. The normalized spacial score (nSPS) is 9.88. The average molecular weight is 319 g/mol. The number of halogens is 2. The second-order valence-electron chi connectivity index (χ2n) is 3.18. The van der Waals surface area contributed by atoms with Gasteiger partial charge in [0.25, 0.3) is 0 Å². The Bertz CT molecular complexity index is 467. The van der Waals surface area contributed by atoms with Crippen LogP contribution in [0.3, 0.4) is 0 Å². The molecule has 0 fully saturated rings. The topological polar surface area (TPSA) is 38.9 Å². The van der Waals surface area contributed by atoms with Crippen LogP contribution < -0.4 is 22.7 Å². The van der Waals surface area contributed by atoms with Gasteiger partial charge >= 0.3 is 0 Å². The Kier molecular flexibility index (Phi) is 4.77. The van der Waals surface area contributed by atoms with Gasteiger partial charge < -0.3 is 22.7 Å². The van der Waals surface area contributed by atoms with E-state index in [0.29, 0.717) is 5.13 Å². The smallest absolute Gasteiger partial charge is 0.180 e. The number of aromatic nitrogens is 1. The summed E-state index contributed by atoms with van der Waals surface area (Å²) in [7, 11) is 0. The van der Waals surface area contributed by atoms with Gasteiger partial charge in [0.1, 0.15) is 0 Å². The first-order chi connectivity index (χ1) is 7.20. The zero-order valence-corrected chi connectivity index (χ0v) is 11.9. The number of nitrogens with two attached hydrogens (primary N) is 1. The van der Waals surface area contributed by atoms with E-state index in [-0.39, 0.29) is 17.0 Å². The summed E-state index contributed by atoms with van der Waals surface area (Å²) in [4.78, 5) is 5.55. The Morgan fingerprint density at radius 3 is 2.50 bits per heavy atom. The largest absolute Gasteiger partial charge is 1.00 e. The van der Waals surface area contributed by atoms with Crippen LogP contribution in [0, 0.1) is 0 Å². The van der Waals surface area contributed by atoms with Crippen LogP contribution >= 0.6 is 22.9 Å². The van der Waals surface area contributed by atoms with E-state index in [2.05, 4.69) is 11.9 Å². The van der Waals surface area contributed by atoms with Gasteiger partial charge in [-0.25, -0.2) is 4.98 Å². The number of anilines is 1. The standard InChI is InChI=1S/C11H11ClN2S.BrH/c1-2-9-10(14-11(13)15-9)7-3-5-8(12)6-4-7;/h3-6H,2H2,1H3,(H2,13,14);1H/p-1. The minimum absolute atomic E-state index is 0. The predicted molar refractivity (Wildman–Crippen MR) is 66.4 cm³/mol. The third-order valence-electron chi connectivity index (χ3n) is 2.15. The summed E-state index contributed by atoms with van der Waals surface area (Å²) in [6.07, 6.45) is 0.951. The maximum absolute atomic E-state index is 5.84. The zero-order chi connectivity index (χ0) is 10.8. The van der Waals surface area contributed by atoms with Crippen molar-refractivity contribution in [3.05, 3.63) is 34.2 Å². The molecule has 0 saturated carbocycles. The van der Waals surface area contributed by atoms with Crippen LogP contribution in [0.4, 0.5) is 5.13 Å². The monoisotopic (exact) mass is 317 g/mol. The molecular formula is C11H11BrClN2S-. The number of benzene rings is 1. The van der Waals surface area contributed by atoms with Crippen molar-refractivity contribution in [2.24, 2.45) is 0 Å². The molecule has 2 nitrogen and oxygen atoms in total. The molecule has 2 N–H and O–H groups in total. The number of hydrogen-bond donors (Lipinski definition) is 1. The number of rotatable bonds is 2. The Morgan fingerprint density at radius 1 is 1.31 bits per heavy atom. The van der Waals surface area contributed by atoms with Gasteiger partial charge in [-0.2, -0.15) is 0 Å². The van der Waals surface area contributed by atoms with Crippen molar-refractivity contribution in [3.63, 3.8) is 0 Å². The highest BCUT2D eigenvalue weighted by atomic mass is 79.9. The Hall–Kier alpha value is -0.580. The van der Waals surface area contributed by atoms with Crippen LogP contribution in [0.5, 0.6) is 0 Å². The van der Waals surface area contributed by atoms with E-state index in [1.165, 1.54) is 4.88 Å². The lowest BCUT2D eigenvalue weighted by Gasteiger charge is -1.99. The van der Waals surface area contributed by atoms with E-state index in [4.69, 9.17) is 17.3 Å². The van der Waals surface area contributed by atoms with Crippen LogP contribution in [0.15, 0.2) is 24.3 Å². The molecule has 1 aromatic heterocycles. The molecule has 2 rings (SSSR count). The van der Waals surface area contributed by atoms with Gasteiger partial charge in [-0.1, -0.05) is 30.7 Å². The third-order valence-corrected chi connectivity index (χ3v) is 3.43. The Morgan fingerprint density at radius 2 is 1.94 bits per heavy atom. The molecule has 0 amide bonds. The molecule has 0 bridgehead atoms. The minimum Gasteiger partial charge on any atom is -1.00 e. The molecule has 0 aliphatic carbocycles. The van der Waals surface area contributed by atoms with Crippen molar-refractivity contribution in [2.45, 2.75) is 13.3 Å².